The van der Waals surface area contributed by atoms with Crippen molar-refractivity contribution < 1.29 is 19.4 Å². The largest absolute Gasteiger partial charge is 0.491 e. The number of hydrogen-bond donors (Lipinski definition) is 1. The number of rotatable bonds is 4. The summed E-state index contributed by atoms with van der Waals surface area (Å²) in [6.07, 6.45) is 1.46. The number of carboxylic acids is 1. The third-order valence-electron chi connectivity index (χ3n) is 3.53. The Morgan fingerprint density at radius 2 is 1.95 bits per heavy atom. The molecule has 0 aliphatic carbocycles. The monoisotopic (exact) mass is 291 g/mol. The number of likely N-dealkylation sites (tertiary alicyclic amines) is 1. The van der Waals surface area contributed by atoms with E-state index in [1.807, 2.05) is 13.8 Å². The van der Waals surface area contributed by atoms with Crippen LogP contribution in [0, 0.1) is 5.92 Å². The molecular formula is C16H21NO4. The molecular weight excluding hydrogens is 270 g/mol. The van der Waals surface area contributed by atoms with Gasteiger partial charge in [0.25, 0.3) is 5.91 Å². The zero-order valence-corrected chi connectivity index (χ0v) is 12.4. The summed E-state index contributed by atoms with van der Waals surface area (Å²) in [5, 5.41) is 9.07. The topological polar surface area (TPSA) is 66.8 Å². The molecule has 1 saturated heterocycles. The van der Waals surface area contributed by atoms with Crippen LogP contribution in [0.15, 0.2) is 24.3 Å². The summed E-state index contributed by atoms with van der Waals surface area (Å²) in [6, 6.07) is 6.99. The summed E-state index contributed by atoms with van der Waals surface area (Å²) in [6.45, 7) is 4.79. The van der Waals surface area contributed by atoms with Crippen molar-refractivity contribution in [1.82, 2.24) is 4.90 Å². The van der Waals surface area contributed by atoms with Crippen LogP contribution in [0.25, 0.3) is 0 Å². The number of carbonyl (C=O) groups excluding carboxylic acids is 1. The van der Waals surface area contributed by atoms with Gasteiger partial charge in [0, 0.05) is 18.7 Å². The lowest BCUT2D eigenvalue weighted by molar-refractivity contribution is -0.143. The van der Waals surface area contributed by atoms with E-state index in [1.165, 1.54) is 0 Å². The van der Waals surface area contributed by atoms with E-state index in [4.69, 9.17) is 9.84 Å². The van der Waals surface area contributed by atoms with E-state index in [-0.39, 0.29) is 12.0 Å². The predicted octanol–water partition coefficient (Wildman–Crippen LogP) is 2.41. The summed E-state index contributed by atoms with van der Waals surface area (Å²) in [4.78, 5) is 25.1. The molecule has 5 heteroatoms. The molecule has 0 radical (unpaired) electrons. The molecule has 1 aliphatic heterocycles. The van der Waals surface area contributed by atoms with Gasteiger partial charge < -0.3 is 14.7 Å². The molecule has 1 aliphatic rings. The Labute approximate surface area is 124 Å². The first kappa shape index (κ1) is 15.4. The van der Waals surface area contributed by atoms with E-state index >= 15 is 0 Å². The number of nitrogens with zero attached hydrogens (tertiary/aromatic N) is 1. The molecule has 1 fully saturated rings. The highest BCUT2D eigenvalue weighted by atomic mass is 16.5. The molecule has 0 bridgehead atoms. The zero-order valence-electron chi connectivity index (χ0n) is 12.4. The van der Waals surface area contributed by atoms with Gasteiger partial charge >= 0.3 is 5.97 Å². The molecule has 0 unspecified atom stereocenters. The fourth-order valence-electron chi connectivity index (χ4n) is 2.49. The van der Waals surface area contributed by atoms with Crippen LogP contribution in [0.4, 0.5) is 0 Å². The van der Waals surface area contributed by atoms with Crippen LogP contribution in [0.1, 0.15) is 37.0 Å². The highest BCUT2D eigenvalue weighted by Crippen LogP contribution is 2.20. The van der Waals surface area contributed by atoms with E-state index in [0.29, 0.717) is 25.1 Å². The maximum absolute atomic E-state index is 12.4. The van der Waals surface area contributed by atoms with E-state index < -0.39 is 11.9 Å². The van der Waals surface area contributed by atoms with E-state index in [0.717, 1.165) is 12.2 Å². The highest BCUT2D eigenvalue weighted by molar-refractivity contribution is 5.94. The Kier molecular flexibility index (Phi) is 4.83. The Morgan fingerprint density at radius 3 is 2.52 bits per heavy atom. The number of aliphatic carboxylic acids is 1. The van der Waals surface area contributed by atoms with Crippen LogP contribution in [0.2, 0.25) is 0 Å². The van der Waals surface area contributed by atoms with Gasteiger partial charge in [0.15, 0.2) is 0 Å². The van der Waals surface area contributed by atoms with E-state index in [9.17, 15) is 9.59 Å². The van der Waals surface area contributed by atoms with Crippen molar-refractivity contribution in [1.29, 1.82) is 0 Å². The maximum Gasteiger partial charge on any atom is 0.308 e. The molecule has 0 aromatic heterocycles. The van der Waals surface area contributed by atoms with Crippen LogP contribution in [-0.2, 0) is 4.79 Å². The lowest BCUT2D eigenvalue weighted by Crippen LogP contribution is -2.42. The molecule has 5 nitrogen and oxygen atoms in total. The van der Waals surface area contributed by atoms with Crippen LogP contribution in [0.3, 0.4) is 0 Å². The fourth-order valence-corrected chi connectivity index (χ4v) is 2.49. The van der Waals surface area contributed by atoms with Gasteiger partial charge in [-0.05, 0) is 51.0 Å². The Hall–Kier alpha value is -2.04. The number of carbonyl (C=O) groups is 2. The van der Waals surface area contributed by atoms with Crippen LogP contribution in [-0.4, -0.2) is 41.1 Å². The number of benzene rings is 1. The Balaban J connectivity index is 2.03. The molecule has 1 amide bonds. The van der Waals surface area contributed by atoms with Crippen molar-refractivity contribution in [2.75, 3.05) is 13.1 Å². The molecule has 1 aromatic rings. The lowest BCUT2D eigenvalue weighted by Gasteiger charge is -2.30. The number of amides is 1. The van der Waals surface area contributed by atoms with Gasteiger partial charge in [0.2, 0.25) is 0 Å². The van der Waals surface area contributed by atoms with Crippen LogP contribution in [0.5, 0.6) is 5.75 Å². The van der Waals surface area contributed by atoms with Gasteiger partial charge in [-0.3, -0.25) is 9.59 Å². The van der Waals surface area contributed by atoms with Gasteiger partial charge in [-0.15, -0.1) is 0 Å². The van der Waals surface area contributed by atoms with Crippen molar-refractivity contribution in [2.24, 2.45) is 5.92 Å². The maximum atomic E-state index is 12.4. The minimum atomic E-state index is -0.826. The minimum absolute atomic E-state index is 0.0879. The second-order valence-electron chi connectivity index (χ2n) is 5.62. The molecule has 1 heterocycles. The molecule has 114 valence electrons. The van der Waals surface area contributed by atoms with Crippen molar-refractivity contribution >= 4 is 11.9 Å². The lowest BCUT2D eigenvalue weighted by atomic mass is 9.97. The number of hydrogen-bond acceptors (Lipinski definition) is 3. The van der Waals surface area contributed by atoms with Crippen LogP contribution >= 0.6 is 0 Å². The summed E-state index contributed by atoms with van der Waals surface area (Å²) >= 11 is 0. The van der Waals surface area contributed by atoms with Gasteiger partial charge in [0.05, 0.1) is 12.0 Å². The van der Waals surface area contributed by atoms with Crippen molar-refractivity contribution in [3.05, 3.63) is 29.8 Å². The second kappa shape index (κ2) is 6.61. The van der Waals surface area contributed by atoms with Crippen LogP contribution < -0.4 is 4.74 Å². The van der Waals surface area contributed by atoms with E-state index in [2.05, 4.69) is 0 Å². The summed E-state index contributed by atoms with van der Waals surface area (Å²) in [5.74, 6) is -0.667. The Bertz CT molecular complexity index is 510. The number of carboxylic acid groups (broad SMARTS) is 1. The van der Waals surface area contributed by atoms with Gasteiger partial charge in [-0.25, -0.2) is 0 Å². The van der Waals surface area contributed by atoms with Gasteiger partial charge in [-0.1, -0.05) is 0 Å². The molecule has 1 N–H and O–H groups in total. The molecule has 21 heavy (non-hydrogen) atoms. The average molecular weight is 291 g/mol. The first-order valence-corrected chi connectivity index (χ1v) is 7.26. The van der Waals surface area contributed by atoms with Crippen molar-refractivity contribution in [3.63, 3.8) is 0 Å². The standard InChI is InChI=1S/C16H21NO4/c1-11(2)21-14-7-5-12(6-8-14)15(18)17-9-3-4-13(10-17)16(19)20/h5-8,11,13H,3-4,9-10H2,1-2H3,(H,19,20)/t13-/m0/s1. The highest BCUT2D eigenvalue weighted by Gasteiger charge is 2.28. The Morgan fingerprint density at radius 1 is 1.29 bits per heavy atom. The smallest absolute Gasteiger partial charge is 0.308 e. The summed E-state index contributed by atoms with van der Waals surface area (Å²) in [7, 11) is 0. The third kappa shape index (κ3) is 3.97. The quantitative estimate of drug-likeness (QED) is 0.925. The first-order valence-electron chi connectivity index (χ1n) is 7.26. The molecule has 1 atom stereocenters. The second-order valence-corrected chi connectivity index (χ2v) is 5.62. The molecule has 2 rings (SSSR count). The van der Waals surface area contributed by atoms with Gasteiger partial charge in [-0.2, -0.15) is 0 Å². The third-order valence-corrected chi connectivity index (χ3v) is 3.53. The predicted molar refractivity (Wildman–Crippen MR) is 78.5 cm³/mol. The zero-order chi connectivity index (χ0) is 15.4. The first-order chi connectivity index (χ1) is 9.97. The van der Waals surface area contributed by atoms with Crippen molar-refractivity contribution in [2.45, 2.75) is 32.8 Å². The fraction of sp³-hybridized carbons (Fsp3) is 0.500. The van der Waals surface area contributed by atoms with E-state index in [1.54, 1.807) is 29.2 Å². The van der Waals surface area contributed by atoms with Crippen molar-refractivity contribution in [3.8, 4) is 5.75 Å². The SMILES string of the molecule is CC(C)Oc1ccc(C(=O)N2CCC[C@H](C(=O)O)C2)cc1. The van der Waals surface area contributed by atoms with Gasteiger partial charge in [0.1, 0.15) is 5.75 Å². The molecule has 0 saturated carbocycles. The minimum Gasteiger partial charge on any atom is -0.491 e. The summed E-state index contributed by atoms with van der Waals surface area (Å²) < 4.78 is 5.54. The normalized spacial score (nSPS) is 18.6. The average Bonchev–Trinajstić information content (AvgIpc) is 2.47. The summed E-state index contributed by atoms with van der Waals surface area (Å²) in [5.41, 5.74) is 0.567. The number of piperidine rings is 1. The molecule has 0 spiro atoms. The number of ether oxygens (including phenoxy) is 1. The molecule has 1 aromatic carbocycles.